The fraction of sp³-hybridized carbons (Fsp3) is 0.375. The predicted molar refractivity (Wildman–Crippen MR) is 79.6 cm³/mol. The van der Waals surface area contributed by atoms with Crippen LogP contribution in [0.1, 0.15) is 13.8 Å². The van der Waals surface area contributed by atoms with Crippen LogP contribution in [-0.2, 0) is 16.6 Å². The van der Waals surface area contributed by atoms with Gasteiger partial charge in [0.05, 0.1) is 28.8 Å². The Morgan fingerprint density at radius 3 is 2.73 bits per heavy atom. The van der Waals surface area contributed by atoms with Crippen molar-refractivity contribution in [2.75, 3.05) is 11.4 Å². The summed E-state index contributed by atoms with van der Waals surface area (Å²) in [4.78, 5) is 26.8. The molecule has 1 amide bonds. The van der Waals surface area contributed by atoms with Gasteiger partial charge in [-0.2, -0.15) is 10.4 Å². The maximum atomic E-state index is 12.8. The van der Waals surface area contributed by atoms with Crippen molar-refractivity contribution in [3.63, 3.8) is 0 Å². The summed E-state index contributed by atoms with van der Waals surface area (Å²) in [5.74, 6) is -0.907. The number of rotatable bonds is 1. The minimum Gasteiger partial charge on any atom is -0.305 e. The highest BCUT2D eigenvalue weighted by molar-refractivity contribution is 6.10. The normalized spacial score (nSPS) is 23.5. The van der Waals surface area contributed by atoms with Crippen molar-refractivity contribution >= 4 is 17.4 Å². The zero-order chi connectivity index (χ0) is 16.1. The maximum absolute atomic E-state index is 12.8. The van der Waals surface area contributed by atoms with Gasteiger partial charge in [0.1, 0.15) is 6.07 Å². The molecule has 0 fully saturated rings. The SMILES string of the molecule is Cn1cc(N2CC=C3C(C=C(C#N)C(=O)C3(C)C)C2=O)cn1. The smallest absolute Gasteiger partial charge is 0.238 e. The van der Waals surface area contributed by atoms with Crippen LogP contribution in [0.3, 0.4) is 0 Å². The summed E-state index contributed by atoms with van der Waals surface area (Å²) in [5.41, 5.74) is 0.737. The second kappa shape index (κ2) is 4.67. The Bertz CT molecular complexity index is 776. The van der Waals surface area contributed by atoms with Gasteiger partial charge in [-0.15, -0.1) is 0 Å². The van der Waals surface area contributed by atoms with E-state index in [1.807, 2.05) is 12.1 Å². The van der Waals surface area contributed by atoms with E-state index in [1.54, 1.807) is 42.9 Å². The van der Waals surface area contributed by atoms with Crippen molar-refractivity contribution in [1.29, 1.82) is 5.26 Å². The van der Waals surface area contributed by atoms with E-state index in [0.29, 0.717) is 12.2 Å². The molecule has 112 valence electrons. The summed E-state index contributed by atoms with van der Waals surface area (Å²) >= 11 is 0. The Kier molecular flexibility index (Phi) is 3.03. The molecule has 1 atom stereocenters. The van der Waals surface area contributed by atoms with Crippen LogP contribution in [0.5, 0.6) is 0 Å². The highest BCUT2D eigenvalue weighted by Gasteiger charge is 2.46. The molecular weight excluding hydrogens is 280 g/mol. The number of fused-ring (bicyclic) bond motifs is 1. The van der Waals surface area contributed by atoms with Crippen LogP contribution in [0.15, 0.2) is 35.7 Å². The fourth-order valence-corrected chi connectivity index (χ4v) is 3.09. The lowest BCUT2D eigenvalue weighted by Crippen LogP contribution is -2.47. The third kappa shape index (κ3) is 1.90. The molecule has 1 aromatic rings. The molecule has 3 rings (SSSR count). The van der Waals surface area contributed by atoms with Crippen molar-refractivity contribution in [3.8, 4) is 6.07 Å². The minimum atomic E-state index is -0.818. The van der Waals surface area contributed by atoms with Gasteiger partial charge in [-0.05, 0) is 25.5 Å². The van der Waals surface area contributed by atoms with Crippen molar-refractivity contribution in [2.45, 2.75) is 13.8 Å². The Morgan fingerprint density at radius 2 is 2.14 bits per heavy atom. The van der Waals surface area contributed by atoms with E-state index >= 15 is 0 Å². The van der Waals surface area contributed by atoms with Crippen molar-refractivity contribution in [1.82, 2.24) is 9.78 Å². The number of aromatic nitrogens is 2. The number of nitrogens with zero attached hydrogens (tertiary/aromatic N) is 4. The number of anilines is 1. The summed E-state index contributed by atoms with van der Waals surface area (Å²) in [6, 6.07) is 1.92. The molecule has 0 saturated carbocycles. The van der Waals surface area contributed by atoms with Gasteiger partial charge in [0.25, 0.3) is 0 Å². The Hall–Kier alpha value is -2.68. The third-order valence-electron chi connectivity index (χ3n) is 4.35. The van der Waals surface area contributed by atoms with Gasteiger partial charge in [-0.25, -0.2) is 0 Å². The summed E-state index contributed by atoms with van der Waals surface area (Å²) in [5, 5.41) is 13.2. The minimum absolute atomic E-state index is 0.0635. The number of ketones is 1. The van der Waals surface area contributed by atoms with Crippen LogP contribution in [0.2, 0.25) is 0 Å². The first-order chi connectivity index (χ1) is 10.4. The highest BCUT2D eigenvalue weighted by atomic mass is 16.2. The summed E-state index contributed by atoms with van der Waals surface area (Å²) in [7, 11) is 1.79. The predicted octanol–water partition coefficient (Wildman–Crippen LogP) is 1.37. The van der Waals surface area contributed by atoms with E-state index in [-0.39, 0.29) is 17.3 Å². The van der Waals surface area contributed by atoms with Gasteiger partial charge >= 0.3 is 0 Å². The highest BCUT2D eigenvalue weighted by Crippen LogP contribution is 2.43. The number of amides is 1. The molecule has 1 unspecified atom stereocenters. The molecule has 0 bridgehead atoms. The van der Waals surface area contributed by atoms with E-state index in [0.717, 1.165) is 5.57 Å². The van der Waals surface area contributed by atoms with Crippen molar-refractivity contribution < 1.29 is 9.59 Å². The first kappa shape index (κ1) is 14.3. The van der Waals surface area contributed by atoms with Crippen LogP contribution in [0.25, 0.3) is 0 Å². The third-order valence-corrected chi connectivity index (χ3v) is 4.35. The molecule has 22 heavy (non-hydrogen) atoms. The molecule has 0 aromatic carbocycles. The van der Waals surface area contributed by atoms with Gasteiger partial charge in [0, 0.05) is 19.8 Å². The monoisotopic (exact) mass is 296 g/mol. The Morgan fingerprint density at radius 1 is 1.41 bits per heavy atom. The topological polar surface area (TPSA) is 79.0 Å². The molecule has 6 heteroatoms. The molecule has 2 heterocycles. The molecule has 0 radical (unpaired) electrons. The zero-order valence-electron chi connectivity index (χ0n) is 12.7. The Balaban J connectivity index is 2.07. The lowest BCUT2D eigenvalue weighted by atomic mass is 9.66. The van der Waals surface area contributed by atoms with Crippen LogP contribution in [0, 0.1) is 22.7 Å². The summed E-state index contributed by atoms with van der Waals surface area (Å²) < 4.78 is 1.63. The van der Waals surface area contributed by atoms with Gasteiger partial charge in [-0.1, -0.05) is 6.08 Å². The number of hydrogen-bond acceptors (Lipinski definition) is 4. The zero-order valence-corrected chi connectivity index (χ0v) is 12.7. The fourth-order valence-electron chi connectivity index (χ4n) is 3.09. The number of allylic oxidation sites excluding steroid dienone is 1. The van der Waals surface area contributed by atoms with Crippen molar-refractivity contribution in [2.24, 2.45) is 18.4 Å². The van der Waals surface area contributed by atoms with E-state index in [9.17, 15) is 9.59 Å². The van der Waals surface area contributed by atoms with Crippen molar-refractivity contribution in [3.05, 3.63) is 35.7 Å². The lowest BCUT2D eigenvalue weighted by Gasteiger charge is -2.39. The first-order valence-electron chi connectivity index (χ1n) is 7.03. The van der Waals surface area contributed by atoms with E-state index in [1.165, 1.54) is 6.08 Å². The molecule has 6 nitrogen and oxygen atoms in total. The second-order valence-electron chi connectivity index (χ2n) is 6.10. The van der Waals surface area contributed by atoms with Crippen LogP contribution in [0.4, 0.5) is 5.69 Å². The van der Waals surface area contributed by atoms with Gasteiger partial charge < -0.3 is 4.90 Å². The Labute approximate surface area is 128 Å². The van der Waals surface area contributed by atoms with E-state index in [4.69, 9.17) is 5.26 Å². The average Bonchev–Trinajstić information content (AvgIpc) is 2.90. The molecule has 0 spiro atoms. The quantitative estimate of drug-likeness (QED) is 0.733. The number of aryl methyl sites for hydroxylation is 1. The van der Waals surface area contributed by atoms with Gasteiger partial charge in [-0.3, -0.25) is 14.3 Å². The molecular formula is C16H16N4O2. The molecule has 0 saturated heterocycles. The lowest BCUT2D eigenvalue weighted by molar-refractivity contribution is -0.124. The molecule has 1 aromatic heterocycles. The molecule has 0 N–H and O–H groups in total. The number of carbonyl (C=O) groups is 2. The molecule has 2 aliphatic rings. The van der Waals surface area contributed by atoms with E-state index in [2.05, 4.69) is 5.10 Å². The summed E-state index contributed by atoms with van der Waals surface area (Å²) in [6.45, 7) is 3.94. The van der Waals surface area contributed by atoms with Crippen LogP contribution < -0.4 is 4.90 Å². The van der Waals surface area contributed by atoms with Crippen LogP contribution >= 0.6 is 0 Å². The number of Topliss-reactive ketones (excluding diaryl/α,β-unsaturated/α-hetero) is 1. The average molecular weight is 296 g/mol. The largest absolute Gasteiger partial charge is 0.305 e. The number of nitriles is 1. The second-order valence-corrected chi connectivity index (χ2v) is 6.10. The van der Waals surface area contributed by atoms with Crippen LogP contribution in [-0.4, -0.2) is 28.0 Å². The number of hydrogen-bond donors (Lipinski definition) is 0. The first-order valence-corrected chi connectivity index (χ1v) is 7.03. The standard InChI is InChI=1S/C16H16N4O2/c1-16(2)13-4-5-20(11-8-18-19(3)9-11)15(22)12(13)6-10(7-17)14(16)21/h4,6,8-9,12H,5H2,1-3H3. The van der Waals surface area contributed by atoms with Gasteiger partial charge in [0.15, 0.2) is 5.78 Å². The number of carbonyl (C=O) groups excluding carboxylic acids is 2. The molecule has 1 aliphatic heterocycles. The van der Waals surface area contributed by atoms with Gasteiger partial charge in [0.2, 0.25) is 5.91 Å². The summed E-state index contributed by atoms with van der Waals surface area (Å²) in [6.07, 6.45) is 6.81. The van der Waals surface area contributed by atoms with E-state index < -0.39 is 11.3 Å². The maximum Gasteiger partial charge on any atom is 0.238 e. The molecule has 1 aliphatic carbocycles.